The van der Waals surface area contributed by atoms with Crippen molar-refractivity contribution in [2.45, 2.75) is 46.1 Å². The van der Waals surface area contributed by atoms with E-state index in [1.54, 1.807) is 0 Å². The van der Waals surface area contributed by atoms with Crippen LogP contribution in [0.4, 0.5) is 5.69 Å². The summed E-state index contributed by atoms with van der Waals surface area (Å²) in [6.07, 6.45) is 4.97. The zero-order chi connectivity index (χ0) is 18.7. The predicted octanol–water partition coefficient (Wildman–Crippen LogP) is 5.01. The van der Waals surface area contributed by atoms with Gasteiger partial charge in [-0.2, -0.15) is 0 Å². The molecule has 0 bridgehead atoms. The Balaban J connectivity index is 1.72. The molecule has 4 nitrogen and oxygen atoms in total. The first-order valence-corrected chi connectivity index (χ1v) is 9.92. The largest absolute Gasteiger partial charge is 0.473 e. The van der Waals surface area contributed by atoms with Crippen LogP contribution >= 0.6 is 15.9 Å². The van der Waals surface area contributed by atoms with Gasteiger partial charge in [-0.1, -0.05) is 25.1 Å². The summed E-state index contributed by atoms with van der Waals surface area (Å²) in [5, 5.41) is 0. The van der Waals surface area contributed by atoms with E-state index in [-0.39, 0.29) is 6.10 Å². The smallest absolute Gasteiger partial charge is 0.228 e. The van der Waals surface area contributed by atoms with Crippen molar-refractivity contribution >= 4 is 28.0 Å². The second-order valence-electron chi connectivity index (χ2n) is 6.97. The fourth-order valence-corrected chi connectivity index (χ4v) is 3.77. The minimum atomic E-state index is 0.138. The number of ether oxygens (including phenoxy) is 1. The average Bonchev–Trinajstić information content (AvgIpc) is 3.01. The Morgan fingerprint density at radius 3 is 2.88 bits per heavy atom. The highest BCUT2D eigenvalue weighted by atomic mass is 79.9. The fraction of sp³-hybridized carbons (Fsp3) is 0.429. The summed E-state index contributed by atoms with van der Waals surface area (Å²) in [6, 6.07) is 8.48. The summed E-state index contributed by atoms with van der Waals surface area (Å²) < 4.78 is 7.07. The van der Waals surface area contributed by atoms with Crippen molar-refractivity contribution in [3.05, 3.63) is 51.1 Å². The van der Waals surface area contributed by atoms with Gasteiger partial charge < -0.3 is 9.64 Å². The van der Waals surface area contributed by atoms with Crippen LogP contribution in [-0.4, -0.2) is 35.9 Å². The lowest BCUT2D eigenvalue weighted by Crippen LogP contribution is -2.18. The Kier molecular flexibility index (Phi) is 5.97. The lowest BCUT2D eigenvalue weighted by Gasteiger charge is -2.15. The molecule has 1 aliphatic carbocycles. The van der Waals surface area contributed by atoms with Crippen molar-refractivity contribution in [2.24, 2.45) is 4.99 Å². The molecule has 1 unspecified atom stereocenters. The number of hydrogen-bond acceptors (Lipinski definition) is 3. The Bertz CT molecular complexity index is 819. The quantitative estimate of drug-likeness (QED) is 0.491. The van der Waals surface area contributed by atoms with Gasteiger partial charge in [0.1, 0.15) is 6.10 Å². The summed E-state index contributed by atoms with van der Waals surface area (Å²) in [5.41, 5.74) is 5.89. The fourth-order valence-electron chi connectivity index (χ4n) is 3.37. The van der Waals surface area contributed by atoms with Gasteiger partial charge in [0.05, 0.1) is 22.2 Å². The van der Waals surface area contributed by atoms with Crippen LogP contribution in [-0.2, 0) is 12.8 Å². The number of halogens is 1. The van der Waals surface area contributed by atoms with Crippen LogP contribution < -0.4 is 4.74 Å². The van der Waals surface area contributed by atoms with Crippen molar-refractivity contribution in [3.63, 3.8) is 0 Å². The highest BCUT2D eigenvalue weighted by molar-refractivity contribution is 9.10. The minimum absolute atomic E-state index is 0.138. The topological polar surface area (TPSA) is 37.7 Å². The van der Waals surface area contributed by atoms with Crippen LogP contribution in [0.1, 0.15) is 35.7 Å². The van der Waals surface area contributed by atoms with Crippen molar-refractivity contribution < 1.29 is 4.74 Å². The van der Waals surface area contributed by atoms with Crippen molar-refractivity contribution in [3.8, 4) is 5.88 Å². The van der Waals surface area contributed by atoms with E-state index < -0.39 is 0 Å². The van der Waals surface area contributed by atoms with Gasteiger partial charge in [0.2, 0.25) is 5.88 Å². The molecule has 0 radical (unpaired) electrons. The Morgan fingerprint density at radius 2 is 2.15 bits per heavy atom. The molecule has 2 aromatic rings. The number of hydrogen-bond donors (Lipinski definition) is 0. The summed E-state index contributed by atoms with van der Waals surface area (Å²) in [7, 11) is 2.03. The van der Waals surface area contributed by atoms with E-state index in [2.05, 4.69) is 62.9 Å². The van der Waals surface area contributed by atoms with Gasteiger partial charge in [-0.05, 0) is 59.0 Å². The maximum Gasteiger partial charge on any atom is 0.228 e. The molecule has 0 amide bonds. The number of aryl methyl sites for hydroxylation is 2. The SMILES string of the molecule is CCCN(C)C=Nc1cc(Br)c(OC2Cc3cccc(C)c3C2)nc1C. The van der Waals surface area contributed by atoms with Crippen LogP contribution in [0.2, 0.25) is 0 Å². The highest BCUT2D eigenvalue weighted by Gasteiger charge is 2.25. The zero-order valence-electron chi connectivity index (χ0n) is 15.9. The summed E-state index contributed by atoms with van der Waals surface area (Å²) in [4.78, 5) is 11.3. The molecular weight excluding hydrogens is 390 g/mol. The molecular formula is C21H26BrN3O. The number of aromatic nitrogens is 1. The lowest BCUT2D eigenvalue weighted by molar-refractivity contribution is 0.203. The number of benzene rings is 1. The number of fused-ring (bicyclic) bond motifs is 1. The second kappa shape index (κ2) is 8.21. The first-order chi connectivity index (χ1) is 12.5. The maximum absolute atomic E-state index is 6.22. The van der Waals surface area contributed by atoms with E-state index in [0.29, 0.717) is 5.88 Å². The normalized spacial score (nSPS) is 16.1. The molecule has 0 aliphatic heterocycles. The summed E-state index contributed by atoms with van der Waals surface area (Å²) in [5.74, 6) is 0.652. The number of aliphatic imine (C=N–C) groups is 1. The number of rotatable bonds is 6. The second-order valence-corrected chi connectivity index (χ2v) is 7.82. The molecule has 0 saturated carbocycles. The van der Waals surface area contributed by atoms with E-state index in [9.17, 15) is 0 Å². The van der Waals surface area contributed by atoms with Gasteiger partial charge in [0.25, 0.3) is 0 Å². The van der Waals surface area contributed by atoms with Crippen LogP contribution in [0.5, 0.6) is 5.88 Å². The molecule has 1 aromatic carbocycles. The first kappa shape index (κ1) is 18.9. The molecule has 1 atom stereocenters. The van der Waals surface area contributed by atoms with E-state index in [4.69, 9.17) is 4.74 Å². The Morgan fingerprint density at radius 1 is 1.35 bits per heavy atom. The molecule has 0 N–H and O–H groups in total. The molecule has 1 aromatic heterocycles. The van der Waals surface area contributed by atoms with Crippen molar-refractivity contribution in [1.82, 2.24) is 9.88 Å². The van der Waals surface area contributed by atoms with Gasteiger partial charge in [0, 0.05) is 26.4 Å². The standard InChI is InChI=1S/C21H26BrN3O/c1-5-9-25(4)13-23-20-12-19(22)21(24-15(20)3)26-17-10-16-8-6-7-14(2)18(16)11-17/h6-8,12-13,17H,5,9-11H2,1-4H3. The third-order valence-electron chi connectivity index (χ3n) is 4.74. The molecule has 1 aliphatic rings. The van der Waals surface area contributed by atoms with Crippen molar-refractivity contribution in [2.75, 3.05) is 13.6 Å². The van der Waals surface area contributed by atoms with Gasteiger partial charge in [0.15, 0.2) is 0 Å². The average molecular weight is 416 g/mol. The molecule has 1 heterocycles. The molecule has 26 heavy (non-hydrogen) atoms. The van der Waals surface area contributed by atoms with E-state index in [0.717, 1.165) is 41.7 Å². The molecule has 0 fully saturated rings. The van der Waals surface area contributed by atoms with E-state index >= 15 is 0 Å². The first-order valence-electron chi connectivity index (χ1n) is 9.13. The number of nitrogens with zero attached hydrogens (tertiary/aromatic N) is 3. The monoisotopic (exact) mass is 415 g/mol. The summed E-state index contributed by atoms with van der Waals surface area (Å²) in [6.45, 7) is 7.28. The van der Waals surface area contributed by atoms with Gasteiger partial charge in [-0.15, -0.1) is 0 Å². The Labute approximate surface area is 164 Å². The zero-order valence-corrected chi connectivity index (χ0v) is 17.5. The minimum Gasteiger partial charge on any atom is -0.473 e. The number of pyridine rings is 1. The molecule has 5 heteroatoms. The Hall–Kier alpha value is -1.88. The van der Waals surface area contributed by atoms with Gasteiger partial charge >= 0.3 is 0 Å². The third kappa shape index (κ3) is 4.26. The van der Waals surface area contributed by atoms with Gasteiger partial charge in [-0.3, -0.25) is 0 Å². The third-order valence-corrected chi connectivity index (χ3v) is 5.31. The highest BCUT2D eigenvalue weighted by Crippen LogP contribution is 2.33. The van der Waals surface area contributed by atoms with Crippen LogP contribution in [0.25, 0.3) is 0 Å². The van der Waals surface area contributed by atoms with Crippen LogP contribution in [0.3, 0.4) is 0 Å². The predicted molar refractivity (Wildman–Crippen MR) is 111 cm³/mol. The molecule has 0 spiro atoms. The van der Waals surface area contributed by atoms with Crippen LogP contribution in [0, 0.1) is 13.8 Å². The summed E-state index contributed by atoms with van der Waals surface area (Å²) >= 11 is 3.60. The lowest BCUT2D eigenvalue weighted by atomic mass is 10.1. The van der Waals surface area contributed by atoms with E-state index in [1.807, 2.05) is 26.4 Å². The van der Waals surface area contributed by atoms with E-state index in [1.165, 1.54) is 16.7 Å². The maximum atomic E-state index is 6.22. The van der Waals surface area contributed by atoms with Gasteiger partial charge in [-0.25, -0.2) is 9.98 Å². The molecule has 3 rings (SSSR count). The van der Waals surface area contributed by atoms with Crippen LogP contribution in [0.15, 0.2) is 33.7 Å². The molecule has 0 saturated heterocycles. The van der Waals surface area contributed by atoms with Crippen molar-refractivity contribution in [1.29, 1.82) is 0 Å². The molecule has 138 valence electrons.